The second kappa shape index (κ2) is 8.58. The molecule has 120 valence electrons. The Bertz CT molecular complexity index is 652. The summed E-state index contributed by atoms with van der Waals surface area (Å²) in [5.74, 6) is 1.13. The number of hydrazone groups is 1. The predicted molar refractivity (Wildman–Crippen MR) is 89.9 cm³/mol. The van der Waals surface area contributed by atoms with Gasteiger partial charge >= 0.3 is 0 Å². The van der Waals surface area contributed by atoms with E-state index in [9.17, 15) is 4.79 Å². The molecule has 0 heterocycles. The molecule has 0 saturated carbocycles. The van der Waals surface area contributed by atoms with Crippen molar-refractivity contribution in [3.8, 4) is 11.5 Å². The van der Waals surface area contributed by atoms with Gasteiger partial charge in [0.25, 0.3) is 5.91 Å². The molecule has 0 unspecified atom stereocenters. The number of hydrogen-bond donors (Lipinski definition) is 1. The van der Waals surface area contributed by atoms with Gasteiger partial charge in [0.15, 0.2) is 6.61 Å². The van der Waals surface area contributed by atoms with Gasteiger partial charge in [0.2, 0.25) is 0 Å². The minimum atomic E-state index is -0.298. The lowest BCUT2D eigenvalue weighted by Crippen LogP contribution is -2.26. The van der Waals surface area contributed by atoms with Gasteiger partial charge in [-0.25, -0.2) is 5.43 Å². The molecule has 2 rings (SSSR count). The SMILES string of the molecule is CC/C(=N\NC(=O)COc1ccccc1)c1ccc(OC)cc1. The van der Waals surface area contributed by atoms with E-state index >= 15 is 0 Å². The summed E-state index contributed by atoms with van der Waals surface area (Å²) >= 11 is 0. The maximum Gasteiger partial charge on any atom is 0.277 e. The number of ether oxygens (including phenoxy) is 2. The molecule has 0 bridgehead atoms. The lowest BCUT2D eigenvalue weighted by atomic mass is 10.1. The van der Waals surface area contributed by atoms with Gasteiger partial charge in [-0.3, -0.25) is 4.79 Å². The quantitative estimate of drug-likeness (QED) is 0.631. The van der Waals surface area contributed by atoms with E-state index in [1.807, 2.05) is 49.4 Å². The Morgan fingerprint density at radius 1 is 1.04 bits per heavy atom. The molecule has 0 aliphatic carbocycles. The van der Waals surface area contributed by atoms with Gasteiger partial charge in [-0.2, -0.15) is 5.10 Å². The third kappa shape index (κ3) is 5.14. The van der Waals surface area contributed by atoms with E-state index in [4.69, 9.17) is 9.47 Å². The Balaban J connectivity index is 1.91. The average Bonchev–Trinajstić information content (AvgIpc) is 2.62. The van der Waals surface area contributed by atoms with Gasteiger partial charge in [-0.1, -0.05) is 25.1 Å². The van der Waals surface area contributed by atoms with Crippen LogP contribution in [0, 0.1) is 0 Å². The van der Waals surface area contributed by atoms with Crippen LogP contribution in [-0.4, -0.2) is 25.3 Å². The zero-order valence-electron chi connectivity index (χ0n) is 13.3. The molecule has 0 radical (unpaired) electrons. The first-order chi connectivity index (χ1) is 11.2. The van der Waals surface area contributed by atoms with Crippen molar-refractivity contribution in [2.24, 2.45) is 5.10 Å². The summed E-state index contributed by atoms with van der Waals surface area (Å²) in [6.07, 6.45) is 0.701. The number of amides is 1. The number of para-hydroxylation sites is 1. The first-order valence-corrected chi connectivity index (χ1v) is 7.40. The fourth-order valence-corrected chi connectivity index (χ4v) is 1.96. The molecule has 0 atom stereocenters. The number of rotatable bonds is 7. The van der Waals surface area contributed by atoms with Crippen molar-refractivity contribution in [1.29, 1.82) is 0 Å². The van der Waals surface area contributed by atoms with Gasteiger partial charge < -0.3 is 9.47 Å². The summed E-state index contributed by atoms with van der Waals surface area (Å²) < 4.78 is 10.5. The van der Waals surface area contributed by atoms with Crippen LogP contribution < -0.4 is 14.9 Å². The van der Waals surface area contributed by atoms with E-state index in [2.05, 4.69) is 10.5 Å². The van der Waals surface area contributed by atoms with Crippen molar-refractivity contribution >= 4 is 11.6 Å². The Morgan fingerprint density at radius 3 is 2.35 bits per heavy atom. The highest BCUT2D eigenvalue weighted by molar-refractivity contribution is 6.01. The highest BCUT2D eigenvalue weighted by Crippen LogP contribution is 2.13. The summed E-state index contributed by atoms with van der Waals surface area (Å²) in [5, 5.41) is 4.18. The lowest BCUT2D eigenvalue weighted by molar-refractivity contribution is -0.123. The van der Waals surface area contributed by atoms with Crippen LogP contribution in [-0.2, 0) is 4.79 Å². The maximum atomic E-state index is 11.8. The molecule has 1 N–H and O–H groups in total. The third-order valence-electron chi connectivity index (χ3n) is 3.19. The number of carbonyl (C=O) groups is 1. The molecule has 2 aromatic rings. The molecular weight excluding hydrogens is 292 g/mol. The van der Waals surface area contributed by atoms with Gasteiger partial charge in [-0.05, 0) is 48.4 Å². The molecule has 0 aliphatic heterocycles. The molecule has 5 nitrogen and oxygen atoms in total. The number of methoxy groups -OCH3 is 1. The Labute approximate surface area is 135 Å². The highest BCUT2D eigenvalue weighted by atomic mass is 16.5. The van der Waals surface area contributed by atoms with Crippen molar-refractivity contribution in [3.05, 3.63) is 60.2 Å². The molecule has 0 aliphatic rings. The summed E-state index contributed by atoms with van der Waals surface area (Å²) in [5.41, 5.74) is 4.26. The zero-order valence-corrected chi connectivity index (χ0v) is 13.3. The molecule has 0 aromatic heterocycles. The van der Waals surface area contributed by atoms with Crippen molar-refractivity contribution in [2.45, 2.75) is 13.3 Å². The summed E-state index contributed by atoms with van der Waals surface area (Å²) in [4.78, 5) is 11.8. The summed E-state index contributed by atoms with van der Waals surface area (Å²) in [7, 11) is 1.62. The van der Waals surface area contributed by atoms with Gasteiger partial charge in [-0.15, -0.1) is 0 Å². The van der Waals surface area contributed by atoms with E-state index in [-0.39, 0.29) is 12.5 Å². The molecule has 0 saturated heterocycles. The van der Waals surface area contributed by atoms with E-state index in [0.717, 1.165) is 17.0 Å². The van der Waals surface area contributed by atoms with Crippen LogP contribution in [0.5, 0.6) is 11.5 Å². The number of benzene rings is 2. The minimum Gasteiger partial charge on any atom is -0.497 e. The van der Waals surface area contributed by atoms with Crippen molar-refractivity contribution in [1.82, 2.24) is 5.43 Å². The fraction of sp³-hybridized carbons (Fsp3) is 0.222. The molecular formula is C18H20N2O3. The number of hydrogen-bond acceptors (Lipinski definition) is 4. The maximum absolute atomic E-state index is 11.8. The number of carbonyl (C=O) groups excluding carboxylic acids is 1. The monoisotopic (exact) mass is 312 g/mol. The van der Waals surface area contributed by atoms with Crippen LogP contribution in [0.25, 0.3) is 0 Å². The lowest BCUT2D eigenvalue weighted by Gasteiger charge is -2.07. The van der Waals surface area contributed by atoms with E-state index in [1.54, 1.807) is 19.2 Å². The van der Waals surface area contributed by atoms with Crippen molar-refractivity contribution < 1.29 is 14.3 Å². The third-order valence-corrected chi connectivity index (χ3v) is 3.19. The molecule has 5 heteroatoms. The van der Waals surface area contributed by atoms with Crippen LogP contribution in [0.3, 0.4) is 0 Å². The Morgan fingerprint density at radius 2 is 1.74 bits per heavy atom. The largest absolute Gasteiger partial charge is 0.497 e. The molecule has 2 aromatic carbocycles. The van der Waals surface area contributed by atoms with E-state index in [1.165, 1.54) is 0 Å². The molecule has 23 heavy (non-hydrogen) atoms. The molecule has 0 spiro atoms. The summed E-state index contributed by atoms with van der Waals surface area (Å²) in [6, 6.07) is 16.7. The van der Waals surface area contributed by atoms with Gasteiger partial charge in [0.1, 0.15) is 11.5 Å². The smallest absolute Gasteiger partial charge is 0.277 e. The Hall–Kier alpha value is -2.82. The molecule has 1 amide bonds. The van der Waals surface area contributed by atoms with Crippen molar-refractivity contribution in [3.63, 3.8) is 0 Å². The minimum absolute atomic E-state index is 0.0763. The first kappa shape index (κ1) is 16.5. The average molecular weight is 312 g/mol. The normalized spacial score (nSPS) is 11.0. The number of nitrogens with one attached hydrogen (secondary N) is 1. The topological polar surface area (TPSA) is 59.9 Å². The van der Waals surface area contributed by atoms with Gasteiger partial charge in [0.05, 0.1) is 12.8 Å². The van der Waals surface area contributed by atoms with E-state index < -0.39 is 0 Å². The van der Waals surface area contributed by atoms with Crippen LogP contribution >= 0.6 is 0 Å². The van der Waals surface area contributed by atoms with Crippen LogP contribution in [0.1, 0.15) is 18.9 Å². The van der Waals surface area contributed by atoms with Gasteiger partial charge in [0, 0.05) is 0 Å². The van der Waals surface area contributed by atoms with Crippen LogP contribution in [0.4, 0.5) is 0 Å². The van der Waals surface area contributed by atoms with E-state index in [0.29, 0.717) is 12.2 Å². The van der Waals surface area contributed by atoms with Crippen LogP contribution in [0.2, 0.25) is 0 Å². The van der Waals surface area contributed by atoms with Crippen molar-refractivity contribution in [2.75, 3.05) is 13.7 Å². The zero-order chi connectivity index (χ0) is 16.5. The standard InChI is InChI=1S/C18H20N2O3/c1-3-17(14-9-11-15(22-2)12-10-14)19-20-18(21)13-23-16-7-5-4-6-8-16/h4-12H,3,13H2,1-2H3,(H,20,21)/b19-17+. The second-order valence-corrected chi connectivity index (χ2v) is 4.78. The highest BCUT2D eigenvalue weighted by Gasteiger charge is 2.05. The summed E-state index contributed by atoms with van der Waals surface area (Å²) in [6.45, 7) is 1.91. The van der Waals surface area contributed by atoms with Crippen LogP contribution in [0.15, 0.2) is 59.7 Å². The fourth-order valence-electron chi connectivity index (χ4n) is 1.96. The first-order valence-electron chi connectivity index (χ1n) is 7.40. The Kier molecular flexibility index (Phi) is 6.17. The molecule has 0 fully saturated rings. The second-order valence-electron chi connectivity index (χ2n) is 4.78. The predicted octanol–water partition coefficient (Wildman–Crippen LogP) is 3.00. The number of nitrogens with zero attached hydrogens (tertiary/aromatic N) is 1.